The molecule has 0 unspecified atom stereocenters. The molecule has 0 saturated heterocycles. The number of nitrogen functional groups attached to an aromatic ring is 1. The van der Waals surface area contributed by atoms with Gasteiger partial charge < -0.3 is 5.73 Å². The number of aryl methyl sites for hydroxylation is 1. The van der Waals surface area contributed by atoms with Crippen molar-refractivity contribution in [2.75, 3.05) is 5.73 Å². The second-order valence-electron chi connectivity index (χ2n) is 3.31. The van der Waals surface area contributed by atoms with E-state index in [1.807, 2.05) is 18.2 Å². The molecular weight excluding hydrogens is 338 g/mol. The average molecular weight is 347 g/mol. The summed E-state index contributed by atoms with van der Waals surface area (Å²) in [6.45, 7) is 2.09. The predicted octanol–water partition coefficient (Wildman–Crippen LogP) is 4.83. The van der Waals surface area contributed by atoms with E-state index in [-0.39, 0.29) is 0 Å². The number of nitrogens with two attached hydrogens (primary N) is 1. The van der Waals surface area contributed by atoms with Gasteiger partial charge in [0.1, 0.15) is 0 Å². The van der Waals surface area contributed by atoms with E-state index in [1.54, 1.807) is 11.3 Å². The predicted molar refractivity (Wildman–Crippen MR) is 74.3 cm³/mol. The van der Waals surface area contributed by atoms with Crippen LogP contribution in [0.4, 0.5) is 5.69 Å². The molecule has 0 fully saturated rings. The van der Waals surface area contributed by atoms with Crippen molar-refractivity contribution in [1.29, 1.82) is 0 Å². The van der Waals surface area contributed by atoms with Crippen LogP contribution in [0.3, 0.4) is 0 Å². The molecule has 0 aliphatic rings. The van der Waals surface area contributed by atoms with Crippen LogP contribution in [0.2, 0.25) is 0 Å². The molecule has 1 nitrogen and oxygen atoms in total. The van der Waals surface area contributed by atoms with Gasteiger partial charge in [0.25, 0.3) is 0 Å². The number of halogens is 2. The second-order valence-corrected chi connectivity index (χ2v) is 6.53. The van der Waals surface area contributed by atoms with Crippen LogP contribution in [0.25, 0.3) is 10.4 Å². The van der Waals surface area contributed by atoms with Gasteiger partial charge in [-0.25, -0.2) is 0 Å². The first-order valence-electron chi connectivity index (χ1n) is 4.39. The summed E-state index contributed by atoms with van der Waals surface area (Å²) >= 11 is 8.79. The zero-order chi connectivity index (χ0) is 11.0. The van der Waals surface area contributed by atoms with Gasteiger partial charge in [-0.1, -0.05) is 15.9 Å². The molecule has 1 aromatic heterocycles. The lowest BCUT2D eigenvalue weighted by atomic mass is 10.1. The van der Waals surface area contributed by atoms with E-state index < -0.39 is 0 Å². The molecule has 0 radical (unpaired) electrons. The first kappa shape index (κ1) is 11.2. The molecule has 0 spiro atoms. The van der Waals surface area contributed by atoms with Crippen LogP contribution in [-0.4, -0.2) is 0 Å². The minimum absolute atomic E-state index is 0.787. The Kier molecular flexibility index (Phi) is 3.19. The molecule has 2 aromatic rings. The number of hydrogen-bond acceptors (Lipinski definition) is 2. The Morgan fingerprint density at radius 3 is 2.53 bits per heavy atom. The van der Waals surface area contributed by atoms with Crippen molar-refractivity contribution in [2.24, 2.45) is 0 Å². The largest absolute Gasteiger partial charge is 0.399 e. The minimum atomic E-state index is 0.787. The van der Waals surface area contributed by atoms with Gasteiger partial charge in [0.05, 0.1) is 3.79 Å². The third kappa shape index (κ3) is 2.27. The third-order valence-corrected chi connectivity index (χ3v) is 4.97. The van der Waals surface area contributed by atoms with Crippen molar-refractivity contribution >= 4 is 48.9 Å². The fourth-order valence-electron chi connectivity index (χ4n) is 1.32. The van der Waals surface area contributed by atoms with Crippen LogP contribution in [0, 0.1) is 6.92 Å². The summed E-state index contributed by atoms with van der Waals surface area (Å²) in [6, 6.07) is 8.02. The summed E-state index contributed by atoms with van der Waals surface area (Å²) in [7, 11) is 0. The Morgan fingerprint density at radius 1 is 1.20 bits per heavy atom. The van der Waals surface area contributed by atoms with Gasteiger partial charge in [-0.05, 0) is 52.7 Å². The third-order valence-electron chi connectivity index (χ3n) is 2.11. The molecule has 0 aliphatic carbocycles. The maximum atomic E-state index is 5.78. The van der Waals surface area contributed by atoms with Gasteiger partial charge >= 0.3 is 0 Å². The first-order valence-corrected chi connectivity index (χ1v) is 6.79. The number of thiophene rings is 1. The lowest BCUT2D eigenvalue weighted by molar-refractivity contribution is 1.52. The van der Waals surface area contributed by atoms with E-state index in [2.05, 4.69) is 44.8 Å². The highest BCUT2D eigenvalue weighted by Gasteiger charge is 2.08. The van der Waals surface area contributed by atoms with Crippen LogP contribution >= 0.6 is 43.2 Å². The van der Waals surface area contributed by atoms with Gasteiger partial charge in [-0.2, -0.15) is 0 Å². The molecule has 4 heteroatoms. The average Bonchev–Trinajstić information content (AvgIpc) is 2.51. The van der Waals surface area contributed by atoms with Crippen molar-refractivity contribution in [3.8, 4) is 10.4 Å². The molecule has 1 aromatic carbocycles. The summed E-state index contributed by atoms with van der Waals surface area (Å²) in [5, 5.41) is 0. The Hall–Kier alpha value is -0.320. The molecule has 0 saturated carbocycles. The van der Waals surface area contributed by atoms with Gasteiger partial charge in [-0.15, -0.1) is 11.3 Å². The summed E-state index contributed by atoms with van der Waals surface area (Å²) in [5.41, 5.74) is 8.97. The summed E-state index contributed by atoms with van der Waals surface area (Å²) in [5.74, 6) is 0. The normalized spacial score (nSPS) is 10.6. The van der Waals surface area contributed by atoms with Gasteiger partial charge in [-0.3, -0.25) is 0 Å². The van der Waals surface area contributed by atoms with Crippen molar-refractivity contribution < 1.29 is 0 Å². The number of rotatable bonds is 1. The van der Waals surface area contributed by atoms with Gasteiger partial charge in [0.15, 0.2) is 0 Å². The summed E-state index contributed by atoms with van der Waals surface area (Å²) < 4.78 is 2.25. The summed E-state index contributed by atoms with van der Waals surface area (Å²) in [4.78, 5) is 1.22. The van der Waals surface area contributed by atoms with Crippen LogP contribution in [-0.2, 0) is 0 Å². The van der Waals surface area contributed by atoms with Crippen molar-refractivity contribution in [3.63, 3.8) is 0 Å². The quantitative estimate of drug-likeness (QED) is 0.735. The Labute approximate surface area is 110 Å². The van der Waals surface area contributed by atoms with Gasteiger partial charge in [0.2, 0.25) is 0 Å². The molecule has 0 amide bonds. The van der Waals surface area contributed by atoms with Crippen LogP contribution in [0.15, 0.2) is 32.5 Å². The van der Waals surface area contributed by atoms with Crippen LogP contribution < -0.4 is 5.73 Å². The highest BCUT2D eigenvalue weighted by Crippen LogP contribution is 2.38. The monoisotopic (exact) mass is 345 g/mol. The Balaban J connectivity index is 2.58. The topological polar surface area (TPSA) is 26.0 Å². The van der Waals surface area contributed by atoms with Gasteiger partial charge in [0, 0.05) is 20.6 Å². The molecule has 2 rings (SSSR count). The van der Waals surface area contributed by atoms with E-state index >= 15 is 0 Å². The van der Waals surface area contributed by atoms with E-state index in [0.29, 0.717) is 0 Å². The molecule has 15 heavy (non-hydrogen) atoms. The lowest BCUT2D eigenvalue weighted by Gasteiger charge is -2.02. The fraction of sp³-hybridized carbons (Fsp3) is 0.0909. The molecule has 1 heterocycles. The summed E-state index contributed by atoms with van der Waals surface area (Å²) in [6.07, 6.45) is 0. The molecule has 0 bridgehead atoms. The lowest BCUT2D eigenvalue weighted by Crippen LogP contribution is -1.85. The van der Waals surface area contributed by atoms with E-state index in [9.17, 15) is 0 Å². The fourth-order valence-corrected chi connectivity index (χ4v) is 3.48. The first-order chi connectivity index (χ1) is 7.08. The molecule has 2 N–H and O–H groups in total. The molecule has 0 aliphatic heterocycles. The standard InChI is InChI=1S/C11H9Br2NS/c1-6-4-10(15-11(6)13)8-5-7(14)2-3-9(8)12/h2-5H,14H2,1H3. The molecular formula is C11H9Br2NS. The second kappa shape index (κ2) is 4.28. The smallest absolute Gasteiger partial charge is 0.0734 e. The van der Waals surface area contributed by atoms with Crippen molar-refractivity contribution in [2.45, 2.75) is 6.92 Å². The van der Waals surface area contributed by atoms with Crippen molar-refractivity contribution in [1.82, 2.24) is 0 Å². The maximum Gasteiger partial charge on any atom is 0.0734 e. The SMILES string of the molecule is Cc1cc(-c2cc(N)ccc2Br)sc1Br. The minimum Gasteiger partial charge on any atom is -0.399 e. The van der Waals surface area contributed by atoms with Crippen molar-refractivity contribution in [3.05, 3.63) is 38.1 Å². The highest BCUT2D eigenvalue weighted by molar-refractivity contribution is 9.11. The number of anilines is 1. The van der Waals surface area contributed by atoms with Crippen LogP contribution in [0.5, 0.6) is 0 Å². The number of benzene rings is 1. The number of hydrogen-bond donors (Lipinski definition) is 1. The Bertz CT molecular complexity index is 486. The molecule has 78 valence electrons. The van der Waals surface area contributed by atoms with E-state index in [0.717, 1.165) is 15.7 Å². The molecule has 0 atom stereocenters. The van der Waals surface area contributed by atoms with E-state index in [4.69, 9.17) is 5.73 Å². The highest BCUT2D eigenvalue weighted by atomic mass is 79.9. The zero-order valence-electron chi connectivity index (χ0n) is 8.05. The zero-order valence-corrected chi connectivity index (χ0v) is 12.0. The Morgan fingerprint density at radius 2 is 1.93 bits per heavy atom. The van der Waals surface area contributed by atoms with E-state index in [1.165, 1.54) is 14.2 Å². The maximum absolute atomic E-state index is 5.78. The van der Waals surface area contributed by atoms with Crippen LogP contribution in [0.1, 0.15) is 5.56 Å².